The summed E-state index contributed by atoms with van der Waals surface area (Å²) in [5.74, 6) is 5.70. The van der Waals surface area contributed by atoms with Gasteiger partial charge in [-0.2, -0.15) is 27.4 Å². The molecular weight excluding hydrogens is 2190 g/mol. The molecular formula is C110H109BrN24O4Pt2. The molecule has 0 aliphatic rings. The molecule has 0 saturated carbocycles. The van der Waals surface area contributed by atoms with Crippen molar-refractivity contribution in [3.63, 3.8) is 0 Å². The molecule has 28 nitrogen and oxygen atoms in total. The number of para-hydroxylation sites is 6. The van der Waals surface area contributed by atoms with Crippen LogP contribution < -0.4 is 15.0 Å². The molecule has 0 saturated heterocycles. The van der Waals surface area contributed by atoms with Gasteiger partial charge in [-0.1, -0.05) is 241 Å². The number of hydrogen-bond acceptors (Lipinski definition) is 13. The van der Waals surface area contributed by atoms with Gasteiger partial charge in [-0.15, -0.1) is 35.7 Å². The first-order valence-corrected chi connectivity index (χ1v) is 46.3. The molecule has 720 valence electrons. The quantitative estimate of drug-likeness (QED) is 0.0520. The fourth-order valence-electron chi connectivity index (χ4n) is 15.7. The number of phenols is 1. The fraction of sp³-hybridized carbons (Fsp3) is 0.182. The Morgan fingerprint density at radius 3 is 1.28 bits per heavy atom. The zero-order valence-electron chi connectivity index (χ0n) is 76.7. The van der Waals surface area contributed by atoms with Gasteiger partial charge in [0, 0.05) is 96.0 Å². The van der Waals surface area contributed by atoms with Gasteiger partial charge in [-0.05, 0) is 186 Å². The zero-order valence-corrected chi connectivity index (χ0v) is 82.9. The van der Waals surface area contributed by atoms with Crippen molar-refractivity contribution in [2.45, 2.75) is 135 Å². The first-order valence-electron chi connectivity index (χ1n) is 43.6. The summed E-state index contributed by atoms with van der Waals surface area (Å²) in [6.07, 6.45) is 11.3. The fourth-order valence-corrected chi connectivity index (χ4v) is 16.2. The van der Waals surface area contributed by atoms with E-state index in [4.69, 9.17) is 19.4 Å². The van der Waals surface area contributed by atoms with Gasteiger partial charge < -0.3 is 19.1 Å². The van der Waals surface area contributed by atoms with Crippen molar-refractivity contribution in [2.75, 3.05) is 0 Å². The number of pyridine rings is 3. The van der Waals surface area contributed by atoms with Crippen molar-refractivity contribution < 1.29 is 57.4 Å². The summed E-state index contributed by atoms with van der Waals surface area (Å²) in [4.78, 5) is 14.2. The average molecular weight is 2300 g/mol. The van der Waals surface area contributed by atoms with Crippen LogP contribution in [0.5, 0.6) is 28.7 Å². The molecule has 9 heterocycles. The Labute approximate surface area is 849 Å². The third-order valence-corrected chi connectivity index (χ3v) is 23.1. The molecule has 141 heavy (non-hydrogen) atoms. The van der Waals surface area contributed by atoms with Gasteiger partial charge in [0.1, 0.15) is 34.7 Å². The Morgan fingerprint density at radius 2 is 0.766 bits per heavy atom. The average Bonchev–Trinajstić information content (AvgIpc) is 1.60. The summed E-state index contributed by atoms with van der Waals surface area (Å²) in [7, 11) is 0. The first kappa shape index (κ1) is 104. The number of nitrogens with one attached hydrogen (secondary N) is 1. The van der Waals surface area contributed by atoms with E-state index in [1.54, 1.807) is 18.2 Å². The van der Waals surface area contributed by atoms with E-state index in [9.17, 15) is 8.50 Å². The minimum Gasteiger partial charge on any atom is -0.509 e. The largest absolute Gasteiger partial charge is 2.00 e. The summed E-state index contributed by atoms with van der Waals surface area (Å²) in [6, 6.07) is 107. The van der Waals surface area contributed by atoms with E-state index in [-0.39, 0.29) is 78.3 Å². The van der Waals surface area contributed by atoms with Crippen LogP contribution in [0.2, 0.25) is 0 Å². The number of fused-ring (bicyclic) bond motifs is 12. The van der Waals surface area contributed by atoms with Crippen LogP contribution in [0.3, 0.4) is 0 Å². The number of halogens is 1. The second-order valence-electron chi connectivity index (χ2n) is 35.7. The number of aromatic nitrogens is 12. The standard InChI is InChI=1S/C34H28N4O.C34H26N4O.C21H19BrN2.C13H10N2O.C4H10N12.4CH4.O.2Pt/c2*1-34(2,3)24-17-18-35-33(19-24)37-31-14-7-5-12-28(31)29-16-15-27(21-32(29)37)39-26-11-8-10-25(20-26)38-30-13-6-4-9-23(30)22-36-38;1-21(2,3)14-10-11-23-20(12-14)24-18-7-5-4-6-16(18)17-9-8-15(22)13-19(17)24;16-12-6-3-5-11(8-12)15-13-7-2-1-4-10(13)9-14-15;1-4(2,3)6-8-10-12-14-16-15-13-11-9-7-5;;;;;;;/h4-22H,1-3H3;4-19,22H,1-3H3;4-13H,1-3H3;1-9,16H;1-3H3,(H,6,7,10,11,14,15);4*1H4;;;/q;-2;;;;;;;;;;+2. The molecule has 21 aromatic rings. The number of ether oxygens (including phenoxy) is 2. The molecule has 0 bridgehead atoms. The van der Waals surface area contributed by atoms with Crippen molar-refractivity contribution in [3.8, 4) is 63.3 Å². The van der Waals surface area contributed by atoms with E-state index in [2.05, 4.69) is 344 Å². The van der Waals surface area contributed by atoms with Gasteiger partial charge in [0.15, 0.2) is 0 Å². The van der Waals surface area contributed by atoms with E-state index >= 15 is 0 Å². The number of aromatic hydroxyl groups is 1. The Kier molecular flexibility index (Phi) is 34.0. The van der Waals surface area contributed by atoms with Crippen molar-refractivity contribution >= 4 is 114 Å². The maximum absolute atomic E-state index is 9.91. The molecule has 9 aromatic heterocycles. The van der Waals surface area contributed by atoms with Gasteiger partial charge in [-0.3, -0.25) is 13.8 Å². The number of nitrogens with zero attached hydrogens (tertiary/aromatic N) is 23. The van der Waals surface area contributed by atoms with Gasteiger partial charge in [0.05, 0.1) is 74.1 Å². The Hall–Kier alpha value is -15.4. The molecule has 0 aliphatic heterocycles. The summed E-state index contributed by atoms with van der Waals surface area (Å²) in [5.41, 5.74) is 17.8. The van der Waals surface area contributed by atoms with Crippen LogP contribution in [0.1, 0.15) is 129 Å². The molecule has 0 amide bonds. The van der Waals surface area contributed by atoms with E-state index < -0.39 is 18.3 Å². The minimum atomic E-state index is -1.50. The van der Waals surface area contributed by atoms with Crippen molar-refractivity contribution in [2.24, 2.45) is 55.7 Å². The third kappa shape index (κ3) is 24.3. The maximum atomic E-state index is 9.91. The van der Waals surface area contributed by atoms with Gasteiger partial charge in [0.25, 0.3) is 0 Å². The summed E-state index contributed by atoms with van der Waals surface area (Å²) >= 11 is 2.11. The predicted molar refractivity (Wildman–Crippen MR) is 559 cm³/mol. The molecule has 2 N–H and O–H groups in total. The molecule has 0 radical (unpaired) electrons. The SMILES string of the molecule is C.C.C.C.CC(C)(C)N=NN=NN=NN=NN=NN[N]=[Pt]=[O].CC(C)(C)c1ccnc(-n2c3[c-]c(Oc4[c-]c(-n5ncc6ccccc65)ccc4)ccc3c3ccccc32)c1.CC(C)(C)c1ccnc(-n2c3ccccc3c3ccc(Br)cc32)c1.CC(C)(C)c1ccnc(-n2c3ccccc3c3ccc(Oc4cccc(-n5ncc6ccccc65)c4)cc32)c1.Oc1cccc(-n2ncc3ccccc32)c1.[Pt+2]. The second kappa shape index (κ2) is 45.9. The van der Waals surface area contributed by atoms with E-state index in [0.717, 1.165) is 121 Å². The molecule has 0 atom stereocenters. The van der Waals surface area contributed by atoms with Crippen molar-refractivity contribution in [1.82, 2.24) is 63.5 Å². The van der Waals surface area contributed by atoms with Crippen LogP contribution in [-0.2, 0) is 59.1 Å². The summed E-state index contributed by atoms with van der Waals surface area (Å²) in [6.45, 7) is 25.6. The number of rotatable bonds is 16. The summed E-state index contributed by atoms with van der Waals surface area (Å²) < 4.78 is 39.2. The summed E-state index contributed by atoms with van der Waals surface area (Å²) in [5, 5.41) is 65.3. The van der Waals surface area contributed by atoms with Crippen molar-refractivity contribution in [1.29, 1.82) is 0 Å². The number of hydrogen-bond donors (Lipinski definition) is 2. The topological polar surface area (TPSA) is 311 Å². The van der Waals surface area contributed by atoms with Crippen LogP contribution in [0.15, 0.2) is 395 Å². The Morgan fingerprint density at radius 1 is 0.362 bits per heavy atom. The van der Waals surface area contributed by atoms with Crippen LogP contribution in [0.4, 0.5) is 0 Å². The molecule has 0 aliphatic carbocycles. The number of benzene rings is 12. The zero-order chi connectivity index (χ0) is 94.7. The first-order chi connectivity index (χ1) is 65.8. The third-order valence-electron chi connectivity index (χ3n) is 22.1. The van der Waals surface area contributed by atoms with E-state index in [1.165, 1.54) is 43.9 Å². The molecule has 31 heteroatoms. The predicted octanol–water partition coefficient (Wildman–Crippen LogP) is 31.1. The van der Waals surface area contributed by atoms with Crippen LogP contribution in [-0.4, -0.2) is 68.6 Å². The second-order valence-corrected chi connectivity index (χ2v) is 37.6. The van der Waals surface area contributed by atoms with Gasteiger partial charge >= 0.3 is 104 Å². The monoisotopic (exact) mass is 2300 g/mol. The maximum Gasteiger partial charge on any atom is 2.00 e. The minimum absolute atomic E-state index is 0. The molecule has 12 aromatic carbocycles. The van der Waals surface area contributed by atoms with Gasteiger partial charge in [0.2, 0.25) is 0 Å². The molecule has 0 unspecified atom stereocenters. The number of phenolic OH excluding ortho intramolecular Hbond substituents is 1. The van der Waals surface area contributed by atoms with Crippen molar-refractivity contribution in [3.05, 3.63) is 368 Å². The van der Waals surface area contributed by atoms with Crippen LogP contribution in [0, 0.1) is 12.1 Å². The van der Waals surface area contributed by atoms with Crippen LogP contribution >= 0.6 is 15.9 Å². The Bertz CT molecular complexity index is 7890. The van der Waals surface area contributed by atoms with E-state index in [1.807, 2.05) is 193 Å². The normalized spacial score (nSPS) is 11.7. The smallest absolute Gasteiger partial charge is 0.509 e. The molecule has 0 fully saturated rings. The van der Waals surface area contributed by atoms with E-state index in [0.29, 0.717) is 11.5 Å². The molecule has 0 spiro atoms. The van der Waals surface area contributed by atoms with Gasteiger partial charge in [-0.25, -0.2) is 24.3 Å². The Balaban J connectivity index is 0.000000163. The molecule has 21 rings (SSSR count). The van der Waals surface area contributed by atoms with Crippen LogP contribution in [0.25, 0.3) is 133 Å².